The minimum atomic E-state index is -3.72. The summed E-state index contributed by atoms with van der Waals surface area (Å²) in [5.74, 6) is -3.83. The largest absolute Gasteiger partial charge is 0.452 e. The predicted octanol–water partition coefficient (Wildman–Crippen LogP) is 2.93. The molecule has 30 heavy (non-hydrogen) atoms. The number of anilines is 1. The van der Waals surface area contributed by atoms with Gasteiger partial charge in [-0.15, -0.1) is 0 Å². The number of piperidine rings is 1. The molecular formula is C20H20F2N2O5S. The number of ether oxygens (including phenoxy) is 1. The molecule has 0 spiro atoms. The average Bonchev–Trinajstić information content (AvgIpc) is 2.75. The highest BCUT2D eigenvalue weighted by Gasteiger charge is 2.26. The van der Waals surface area contributed by atoms with Crippen LogP contribution < -0.4 is 5.32 Å². The van der Waals surface area contributed by atoms with Crippen molar-refractivity contribution in [3.8, 4) is 0 Å². The molecule has 160 valence electrons. The molecule has 1 fully saturated rings. The van der Waals surface area contributed by atoms with Crippen LogP contribution in [0, 0.1) is 11.6 Å². The van der Waals surface area contributed by atoms with Crippen molar-refractivity contribution < 1.29 is 31.5 Å². The molecule has 1 aliphatic heterocycles. The first-order valence-corrected chi connectivity index (χ1v) is 10.7. The number of sulfonamides is 1. The number of halogens is 2. The zero-order valence-corrected chi connectivity index (χ0v) is 16.8. The van der Waals surface area contributed by atoms with Crippen molar-refractivity contribution >= 4 is 27.6 Å². The fourth-order valence-electron chi connectivity index (χ4n) is 3.02. The highest BCUT2D eigenvalue weighted by atomic mass is 32.2. The monoisotopic (exact) mass is 438 g/mol. The predicted molar refractivity (Wildman–Crippen MR) is 104 cm³/mol. The van der Waals surface area contributed by atoms with E-state index in [0.29, 0.717) is 13.1 Å². The van der Waals surface area contributed by atoms with E-state index in [0.717, 1.165) is 37.5 Å². The number of nitrogens with one attached hydrogen (secondary N) is 1. The van der Waals surface area contributed by atoms with Crippen LogP contribution in [0.25, 0.3) is 0 Å². The van der Waals surface area contributed by atoms with E-state index in [4.69, 9.17) is 4.74 Å². The Hall–Kier alpha value is -2.85. The number of carbonyl (C=O) groups excluding carboxylic acids is 2. The minimum Gasteiger partial charge on any atom is -0.452 e. The first-order valence-electron chi connectivity index (χ1n) is 9.29. The van der Waals surface area contributed by atoms with Gasteiger partial charge in [-0.1, -0.05) is 12.5 Å². The van der Waals surface area contributed by atoms with Gasteiger partial charge in [0.1, 0.15) is 0 Å². The molecule has 0 aromatic heterocycles. The molecule has 7 nitrogen and oxygen atoms in total. The lowest BCUT2D eigenvalue weighted by Crippen LogP contribution is -2.35. The van der Waals surface area contributed by atoms with Gasteiger partial charge in [-0.3, -0.25) is 4.79 Å². The Kier molecular flexibility index (Phi) is 6.78. The van der Waals surface area contributed by atoms with Gasteiger partial charge < -0.3 is 10.1 Å². The number of amides is 1. The van der Waals surface area contributed by atoms with Gasteiger partial charge >= 0.3 is 5.97 Å². The molecule has 10 heteroatoms. The van der Waals surface area contributed by atoms with Gasteiger partial charge in [-0.25, -0.2) is 22.0 Å². The van der Waals surface area contributed by atoms with Crippen molar-refractivity contribution in [3.05, 3.63) is 59.7 Å². The van der Waals surface area contributed by atoms with E-state index < -0.39 is 40.1 Å². The molecule has 1 saturated heterocycles. The quantitative estimate of drug-likeness (QED) is 0.700. The topological polar surface area (TPSA) is 92.8 Å². The molecule has 0 bridgehead atoms. The van der Waals surface area contributed by atoms with E-state index in [1.165, 1.54) is 28.6 Å². The van der Waals surface area contributed by atoms with Crippen LogP contribution >= 0.6 is 0 Å². The molecule has 1 aliphatic rings. The van der Waals surface area contributed by atoms with Crippen molar-refractivity contribution in [2.75, 3.05) is 25.0 Å². The molecular weight excluding hydrogens is 418 g/mol. The summed E-state index contributed by atoms with van der Waals surface area (Å²) in [6.07, 6.45) is 2.55. The minimum absolute atomic E-state index is 0.00423. The highest BCUT2D eigenvalue weighted by molar-refractivity contribution is 7.89. The lowest BCUT2D eigenvalue weighted by Gasteiger charge is -2.25. The number of carbonyl (C=O) groups is 2. The van der Waals surface area contributed by atoms with E-state index in [9.17, 15) is 26.8 Å². The summed E-state index contributed by atoms with van der Waals surface area (Å²) in [6.45, 7) is 0.184. The van der Waals surface area contributed by atoms with Gasteiger partial charge in [-0.05, 0) is 43.2 Å². The molecule has 0 aliphatic carbocycles. The molecule has 3 rings (SSSR count). The van der Waals surface area contributed by atoms with Crippen LogP contribution in [0.3, 0.4) is 0 Å². The second-order valence-electron chi connectivity index (χ2n) is 6.75. The number of hydrogen-bond acceptors (Lipinski definition) is 5. The Morgan fingerprint density at radius 3 is 2.43 bits per heavy atom. The van der Waals surface area contributed by atoms with E-state index >= 15 is 0 Å². The van der Waals surface area contributed by atoms with Crippen LogP contribution in [0.15, 0.2) is 47.4 Å². The lowest BCUT2D eigenvalue weighted by molar-refractivity contribution is -0.119. The van der Waals surface area contributed by atoms with Crippen LogP contribution in [-0.2, 0) is 19.6 Å². The van der Waals surface area contributed by atoms with Crippen LogP contribution in [-0.4, -0.2) is 44.3 Å². The van der Waals surface area contributed by atoms with Crippen molar-refractivity contribution in [2.24, 2.45) is 0 Å². The first-order chi connectivity index (χ1) is 14.3. The molecule has 1 heterocycles. The third-order valence-corrected chi connectivity index (χ3v) is 6.45. The zero-order chi connectivity index (χ0) is 21.7. The Labute approximate surface area is 172 Å². The maximum atomic E-state index is 13.2. The van der Waals surface area contributed by atoms with Crippen molar-refractivity contribution in [3.63, 3.8) is 0 Å². The van der Waals surface area contributed by atoms with Crippen LogP contribution in [0.5, 0.6) is 0 Å². The summed E-state index contributed by atoms with van der Waals surface area (Å²) in [5, 5.41) is 2.27. The SMILES string of the molecule is O=C(COC(=O)c1cccc(S(=O)(=O)N2CCCCC2)c1)Nc1ccc(F)c(F)c1. The molecule has 1 amide bonds. The van der Waals surface area contributed by atoms with E-state index in [2.05, 4.69) is 5.32 Å². The normalized spacial score (nSPS) is 14.9. The fourth-order valence-corrected chi connectivity index (χ4v) is 4.59. The summed E-state index contributed by atoms with van der Waals surface area (Å²) < 4.78 is 57.8. The standard InChI is InChI=1S/C20H20F2N2O5S/c21-17-8-7-15(12-18(17)22)23-19(25)13-29-20(26)14-5-4-6-16(11-14)30(27,28)24-9-2-1-3-10-24/h4-8,11-12H,1-3,9-10,13H2,(H,23,25). The molecule has 2 aromatic rings. The number of benzene rings is 2. The average molecular weight is 438 g/mol. The van der Waals surface area contributed by atoms with Crippen molar-refractivity contribution in [1.29, 1.82) is 0 Å². The molecule has 1 N–H and O–H groups in total. The van der Waals surface area contributed by atoms with Gasteiger partial charge in [0.25, 0.3) is 5.91 Å². The number of nitrogens with zero attached hydrogens (tertiary/aromatic N) is 1. The second kappa shape index (κ2) is 9.31. The summed E-state index contributed by atoms with van der Waals surface area (Å²) >= 11 is 0. The zero-order valence-electron chi connectivity index (χ0n) is 15.9. The summed E-state index contributed by atoms with van der Waals surface area (Å²) in [7, 11) is -3.72. The van der Waals surface area contributed by atoms with Crippen molar-refractivity contribution in [1.82, 2.24) is 4.31 Å². The summed E-state index contributed by atoms with van der Waals surface area (Å²) in [4.78, 5) is 24.1. The van der Waals surface area contributed by atoms with E-state index in [1.54, 1.807) is 0 Å². The molecule has 0 saturated carbocycles. The van der Waals surface area contributed by atoms with Gasteiger partial charge in [-0.2, -0.15) is 4.31 Å². The molecule has 0 atom stereocenters. The first kappa shape index (κ1) is 21.8. The lowest BCUT2D eigenvalue weighted by atomic mass is 10.2. The van der Waals surface area contributed by atoms with Crippen LogP contribution in [0.4, 0.5) is 14.5 Å². The maximum Gasteiger partial charge on any atom is 0.338 e. The Morgan fingerprint density at radius 2 is 1.73 bits per heavy atom. The smallest absolute Gasteiger partial charge is 0.338 e. The van der Waals surface area contributed by atoms with Gasteiger partial charge in [0.05, 0.1) is 10.5 Å². The van der Waals surface area contributed by atoms with E-state index in [-0.39, 0.29) is 16.1 Å². The number of hydrogen-bond donors (Lipinski definition) is 1. The van der Waals surface area contributed by atoms with Crippen LogP contribution in [0.1, 0.15) is 29.6 Å². The summed E-state index contributed by atoms with van der Waals surface area (Å²) in [6, 6.07) is 8.22. The van der Waals surface area contributed by atoms with E-state index in [1.807, 2.05) is 0 Å². The second-order valence-corrected chi connectivity index (χ2v) is 8.68. The molecule has 2 aromatic carbocycles. The van der Waals surface area contributed by atoms with Crippen molar-refractivity contribution in [2.45, 2.75) is 24.2 Å². The Balaban J connectivity index is 1.62. The third-order valence-electron chi connectivity index (χ3n) is 4.56. The molecule has 0 radical (unpaired) electrons. The van der Waals surface area contributed by atoms with Gasteiger partial charge in [0.2, 0.25) is 10.0 Å². The highest BCUT2D eigenvalue weighted by Crippen LogP contribution is 2.21. The fraction of sp³-hybridized carbons (Fsp3) is 0.300. The number of rotatable bonds is 6. The maximum absolute atomic E-state index is 13.2. The van der Waals surface area contributed by atoms with Gasteiger partial charge in [0, 0.05) is 24.8 Å². The molecule has 0 unspecified atom stereocenters. The number of esters is 1. The third kappa shape index (κ3) is 5.19. The Morgan fingerprint density at radius 1 is 1.00 bits per heavy atom. The van der Waals surface area contributed by atoms with Gasteiger partial charge in [0.15, 0.2) is 18.2 Å². The van der Waals surface area contributed by atoms with Crippen LogP contribution in [0.2, 0.25) is 0 Å². The summed E-state index contributed by atoms with van der Waals surface area (Å²) in [5.41, 5.74) is -0.0155. The Bertz CT molecular complexity index is 1050.